The Hall–Kier alpha value is -1.12. The summed E-state index contributed by atoms with van der Waals surface area (Å²) in [4.78, 5) is 0. The molecule has 0 aliphatic carbocycles. The molecule has 0 aliphatic heterocycles. The maximum atomic E-state index is 13.5. The van der Waals surface area contributed by atoms with Crippen molar-refractivity contribution < 1.29 is 13.5 Å². The highest BCUT2D eigenvalue weighted by atomic mass is 19.1. The van der Waals surface area contributed by atoms with Gasteiger partial charge in [-0.3, -0.25) is 0 Å². The predicted octanol–water partition coefficient (Wildman–Crippen LogP) is 3.66. The van der Waals surface area contributed by atoms with Crippen molar-refractivity contribution in [2.45, 2.75) is 33.1 Å². The van der Waals surface area contributed by atoms with Gasteiger partial charge in [-0.1, -0.05) is 20.8 Å². The van der Waals surface area contributed by atoms with Crippen molar-refractivity contribution >= 4 is 0 Å². The molecule has 1 nitrogen and oxygen atoms in total. The van der Waals surface area contributed by atoms with Gasteiger partial charge in [0.05, 0.1) is 6.61 Å². The molecule has 0 unspecified atom stereocenters. The van der Waals surface area contributed by atoms with Gasteiger partial charge in [-0.2, -0.15) is 0 Å². The number of ether oxygens (including phenoxy) is 1. The highest BCUT2D eigenvalue weighted by molar-refractivity contribution is 5.34. The second-order valence-corrected chi connectivity index (χ2v) is 4.45. The zero-order valence-corrected chi connectivity index (χ0v) is 9.53. The van der Waals surface area contributed by atoms with Gasteiger partial charge in [0.1, 0.15) is 0 Å². The van der Waals surface area contributed by atoms with E-state index in [0.717, 1.165) is 0 Å². The zero-order chi connectivity index (χ0) is 11.6. The summed E-state index contributed by atoms with van der Waals surface area (Å²) in [5.41, 5.74) is 0.354. The number of hydrogen-bond donors (Lipinski definition) is 0. The van der Waals surface area contributed by atoms with E-state index in [4.69, 9.17) is 4.74 Å². The Labute approximate surface area is 89.1 Å². The van der Waals surface area contributed by atoms with Gasteiger partial charge in [0.15, 0.2) is 17.4 Å². The molecule has 0 spiro atoms. The monoisotopic (exact) mass is 214 g/mol. The molecule has 0 aliphatic rings. The van der Waals surface area contributed by atoms with Crippen LogP contribution < -0.4 is 4.74 Å². The first-order valence-corrected chi connectivity index (χ1v) is 4.98. The Kier molecular flexibility index (Phi) is 3.32. The molecule has 1 aromatic carbocycles. The fraction of sp³-hybridized carbons (Fsp3) is 0.500. The molecule has 0 heterocycles. The Morgan fingerprint density at radius 2 is 1.60 bits per heavy atom. The average Bonchev–Trinajstić information content (AvgIpc) is 2.09. The van der Waals surface area contributed by atoms with E-state index in [0.29, 0.717) is 5.56 Å². The molecule has 1 rings (SSSR count). The van der Waals surface area contributed by atoms with Crippen LogP contribution in [0.1, 0.15) is 33.3 Å². The third-order valence-corrected chi connectivity index (χ3v) is 2.15. The first kappa shape index (κ1) is 12.0. The lowest BCUT2D eigenvalue weighted by molar-refractivity contribution is 0.301. The molecule has 0 saturated heterocycles. The van der Waals surface area contributed by atoms with Crippen LogP contribution in [0.15, 0.2) is 12.1 Å². The van der Waals surface area contributed by atoms with Crippen LogP contribution >= 0.6 is 0 Å². The molecule has 15 heavy (non-hydrogen) atoms. The molecule has 0 amide bonds. The van der Waals surface area contributed by atoms with Gasteiger partial charge >= 0.3 is 0 Å². The second-order valence-electron chi connectivity index (χ2n) is 4.45. The van der Waals surface area contributed by atoms with Crippen LogP contribution in [0.3, 0.4) is 0 Å². The summed E-state index contributed by atoms with van der Waals surface area (Å²) in [6.07, 6.45) is 0. The van der Waals surface area contributed by atoms with Crippen LogP contribution in [0.4, 0.5) is 8.78 Å². The molecule has 0 fully saturated rings. The van der Waals surface area contributed by atoms with Gasteiger partial charge in [0, 0.05) is 0 Å². The second kappa shape index (κ2) is 4.17. The van der Waals surface area contributed by atoms with Crippen LogP contribution in [-0.4, -0.2) is 6.61 Å². The minimum absolute atomic E-state index is 0.253. The van der Waals surface area contributed by atoms with E-state index in [9.17, 15) is 8.78 Å². The van der Waals surface area contributed by atoms with Crippen molar-refractivity contribution in [3.63, 3.8) is 0 Å². The van der Waals surface area contributed by atoms with E-state index in [2.05, 4.69) is 0 Å². The van der Waals surface area contributed by atoms with E-state index in [1.165, 1.54) is 12.1 Å². The molecular weight excluding hydrogens is 198 g/mol. The Bertz CT molecular complexity index is 330. The molecule has 0 bridgehead atoms. The van der Waals surface area contributed by atoms with E-state index in [1.54, 1.807) is 6.92 Å². The minimum atomic E-state index is -0.637. The smallest absolute Gasteiger partial charge is 0.190 e. The molecule has 0 N–H and O–H groups in total. The van der Waals surface area contributed by atoms with E-state index in [-0.39, 0.29) is 17.8 Å². The quantitative estimate of drug-likeness (QED) is 0.730. The fourth-order valence-electron chi connectivity index (χ4n) is 1.28. The highest BCUT2D eigenvalue weighted by Crippen LogP contribution is 2.29. The van der Waals surface area contributed by atoms with Gasteiger partial charge < -0.3 is 4.74 Å². The Morgan fingerprint density at radius 1 is 1.13 bits per heavy atom. The van der Waals surface area contributed by atoms with Gasteiger partial charge in [-0.15, -0.1) is 0 Å². The molecule has 0 aromatic heterocycles. The van der Waals surface area contributed by atoms with Crippen LogP contribution in [0.25, 0.3) is 0 Å². The third-order valence-electron chi connectivity index (χ3n) is 2.15. The predicted molar refractivity (Wildman–Crippen MR) is 56.2 cm³/mol. The average molecular weight is 214 g/mol. The number of rotatable bonds is 2. The number of halogens is 2. The van der Waals surface area contributed by atoms with Gasteiger partial charge in [0.2, 0.25) is 0 Å². The summed E-state index contributed by atoms with van der Waals surface area (Å²) in [6.45, 7) is 7.66. The van der Waals surface area contributed by atoms with Crippen LogP contribution in [0.2, 0.25) is 0 Å². The van der Waals surface area contributed by atoms with Crippen LogP contribution in [-0.2, 0) is 5.41 Å². The molecule has 0 saturated carbocycles. The molecule has 1 aromatic rings. The topological polar surface area (TPSA) is 9.23 Å². The zero-order valence-electron chi connectivity index (χ0n) is 9.53. The molecular formula is C12H16F2O. The number of hydrogen-bond acceptors (Lipinski definition) is 1. The maximum Gasteiger partial charge on any atom is 0.190 e. The molecule has 0 atom stereocenters. The first-order valence-electron chi connectivity index (χ1n) is 4.98. The molecule has 3 heteroatoms. The van der Waals surface area contributed by atoms with Crippen LogP contribution in [0.5, 0.6) is 5.75 Å². The first-order chi connectivity index (χ1) is 6.86. The molecule has 0 radical (unpaired) electrons. The van der Waals surface area contributed by atoms with E-state index in [1.807, 2.05) is 20.8 Å². The fourth-order valence-corrected chi connectivity index (χ4v) is 1.28. The van der Waals surface area contributed by atoms with Gasteiger partial charge in [-0.05, 0) is 30.0 Å². The number of benzene rings is 1. The van der Waals surface area contributed by atoms with Crippen molar-refractivity contribution in [1.82, 2.24) is 0 Å². The van der Waals surface area contributed by atoms with Crippen molar-refractivity contribution in [2.24, 2.45) is 0 Å². The van der Waals surface area contributed by atoms with E-state index >= 15 is 0 Å². The third kappa shape index (κ3) is 2.67. The van der Waals surface area contributed by atoms with Crippen molar-refractivity contribution in [3.05, 3.63) is 29.3 Å². The van der Waals surface area contributed by atoms with Gasteiger partial charge in [-0.25, -0.2) is 8.78 Å². The molecule has 84 valence electrons. The summed E-state index contributed by atoms with van der Waals surface area (Å²) in [5, 5.41) is 0. The lowest BCUT2D eigenvalue weighted by Crippen LogP contribution is -2.12. The van der Waals surface area contributed by atoms with E-state index < -0.39 is 11.6 Å². The lowest BCUT2D eigenvalue weighted by atomic mass is 9.87. The largest absolute Gasteiger partial charge is 0.488 e. The van der Waals surface area contributed by atoms with Crippen molar-refractivity contribution in [1.29, 1.82) is 0 Å². The summed E-state index contributed by atoms with van der Waals surface area (Å²) < 4.78 is 31.8. The maximum absolute atomic E-state index is 13.5. The Morgan fingerprint density at radius 3 is 1.93 bits per heavy atom. The summed E-state index contributed by atoms with van der Waals surface area (Å²) in [7, 11) is 0. The normalized spacial score (nSPS) is 11.6. The standard InChI is InChI=1S/C12H16F2O/c1-5-15-11-9(13)6-8(7-10(11)14)12(2,3)4/h6-7H,5H2,1-4H3. The minimum Gasteiger partial charge on any atom is -0.488 e. The summed E-state index contributed by atoms with van der Waals surface area (Å²) >= 11 is 0. The van der Waals surface area contributed by atoms with Gasteiger partial charge in [0.25, 0.3) is 0 Å². The van der Waals surface area contributed by atoms with Crippen LogP contribution in [0, 0.1) is 11.6 Å². The summed E-state index contributed by atoms with van der Waals surface area (Å²) in [6, 6.07) is 2.65. The highest BCUT2D eigenvalue weighted by Gasteiger charge is 2.19. The lowest BCUT2D eigenvalue weighted by Gasteiger charge is -2.20. The van der Waals surface area contributed by atoms with Crippen molar-refractivity contribution in [3.8, 4) is 5.75 Å². The summed E-state index contributed by atoms with van der Waals surface area (Å²) in [5.74, 6) is -1.56. The van der Waals surface area contributed by atoms with Crippen molar-refractivity contribution in [2.75, 3.05) is 6.61 Å². The Balaban J connectivity index is 3.19. The SMILES string of the molecule is CCOc1c(F)cc(C(C)(C)C)cc1F.